The minimum atomic E-state index is -4.73. The zero-order valence-electron chi connectivity index (χ0n) is 20.5. The molecule has 1 atom stereocenters. The van der Waals surface area contributed by atoms with E-state index >= 15 is 0 Å². The number of rotatable bonds is 4. The Kier molecular flexibility index (Phi) is 6.68. The van der Waals surface area contributed by atoms with E-state index in [0.717, 1.165) is 31.4 Å². The Hall–Kier alpha value is -3.79. The minimum absolute atomic E-state index is 0.0375. The molecule has 0 spiro atoms. The van der Waals surface area contributed by atoms with Gasteiger partial charge >= 0.3 is 6.18 Å². The first-order valence-corrected chi connectivity index (χ1v) is 12.0. The van der Waals surface area contributed by atoms with Crippen LogP contribution in [0.5, 0.6) is 11.6 Å². The summed E-state index contributed by atoms with van der Waals surface area (Å²) in [7, 11) is 0. The molecule has 0 aliphatic carbocycles. The lowest BCUT2D eigenvalue weighted by molar-refractivity contribution is -0.138. The molecular formula is C28H23F5N2O3. The lowest BCUT2D eigenvalue weighted by atomic mass is 9.96. The average molecular weight is 530 g/mol. The maximum Gasteiger partial charge on any atom is 0.418 e. The smallest absolute Gasteiger partial charge is 0.418 e. The molecule has 0 amide bonds. The van der Waals surface area contributed by atoms with Crippen LogP contribution in [-0.2, 0) is 10.9 Å². The van der Waals surface area contributed by atoms with Crippen LogP contribution in [0.1, 0.15) is 47.6 Å². The number of benzene rings is 2. The van der Waals surface area contributed by atoms with Crippen LogP contribution in [0.4, 0.5) is 22.0 Å². The van der Waals surface area contributed by atoms with Gasteiger partial charge in [0.1, 0.15) is 5.75 Å². The fourth-order valence-electron chi connectivity index (χ4n) is 4.83. The number of fused-ring (bicyclic) bond motifs is 1. The highest BCUT2D eigenvalue weighted by Crippen LogP contribution is 2.41. The fourth-order valence-corrected chi connectivity index (χ4v) is 4.83. The van der Waals surface area contributed by atoms with Crippen molar-refractivity contribution in [1.29, 1.82) is 0 Å². The van der Waals surface area contributed by atoms with E-state index in [9.17, 15) is 26.7 Å². The highest BCUT2D eigenvalue weighted by Gasteiger charge is 2.35. The Morgan fingerprint density at radius 2 is 1.87 bits per heavy atom. The predicted octanol–water partition coefficient (Wildman–Crippen LogP) is 7.54. The average Bonchev–Trinajstić information content (AvgIpc) is 2.88. The van der Waals surface area contributed by atoms with Crippen molar-refractivity contribution in [1.82, 2.24) is 9.97 Å². The number of H-pyrrole nitrogens is 1. The van der Waals surface area contributed by atoms with Crippen molar-refractivity contribution in [2.24, 2.45) is 0 Å². The summed E-state index contributed by atoms with van der Waals surface area (Å²) in [5.41, 5.74) is -0.826. The van der Waals surface area contributed by atoms with Gasteiger partial charge in [-0.1, -0.05) is 12.1 Å². The number of nitrogens with one attached hydrogen (secondary N) is 1. The molecule has 1 saturated heterocycles. The standard InChI is InChI=1S/C28H23F5N2O3/c1-14-17(28(31,32)33)13-34-27(38-22-10-9-18(29)26(30)15(22)2)24(14)20-12-21(36)25-16(6-5-7-19(25)35-20)23-8-3-4-11-37-23/h5-7,9-10,12-13,23H,3-4,8,11H2,1-2H3,(H,35,36). The topological polar surface area (TPSA) is 64.2 Å². The van der Waals surface area contributed by atoms with E-state index in [-0.39, 0.29) is 40.1 Å². The van der Waals surface area contributed by atoms with Gasteiger partial charge in [0.25, 0.3) is 0 Å². The van der Waals surface area contributed by atoms with Crippen LogP contribution in [-0.4, -0.2) is 16.6 Å². The largest absolute Gasteiger partial charge is 0.438 e. The summed E-state index contributed by atoms with van der Waals surface area (Å²) < 4.78 is 80.8. The molecule has 1 N–H and O–H groups in total. The monoisotopic (exact) mass is 530 g/mol. The molecule has 1 fully saturated rings. The molecule has 0 bridgehead atoms. The number of alkyl halides is 3. The quantitative estimate of drug-likeness (QED) is 0.277. The van der Waals surface area contributed by atoms with Gasteiger partial charge < -0.3 is 14.5 Å². The van der Waals surface area contributed by atoms with Crippen LogP contribution >= 0.6 is 0 Å². The van der Waals surface area contributed by atoms with Gasteiger partial charge in [-0.25, -0.2) is 13.8 Å². The predicted molar refractivity (Wildman–Crippen MR) is 131 cm³/mol. The molecular weight excluding hydrogens is 507 g/mol. The molecule has 38 heavy (non-hydrogen) atoms. The third kappa shape index (κ3) is 4.64. The maximum atomic E-state index is 14.2. The van der Waals surface area contributed by atoms with Crippen LogP contribution in [0.2, 0.25) is 0 Å². The van der Waals surface area contributed by atoms with Gasteiger partial charge in [-0.15, -0.1) is 0 Å². The van der Waals surface area contributed by atoms with E-state index in [1.54, 1.807) is 12.1 Å². The SMILES string of the molecule is Cc1c(Oc2ncc(C(F)(F)F)c(C)c2-c2cc(=O)c3c(C4CCCCO4)cccc3[nH]2)ccc(F)c1F. The molecule has 0 radical (unpaired) electrons. The number of nitrogens with zero attached hydrogens (tertiary/aromatic N) is 1. The van der Waals surface area contributed by atoms with Crippen LogP contribution in [0, 0.1) is 25.5 Å². The third-order valence-corrected chi connectivity index (χ3v) is 6.79. The van der Waals surface area contributed by atoms with E-state index in [0.29, 0.717) is 29.3 Å². The van der Waals surface area contributed by atoms with E-state index in [2.05, 4.69) is 9.97 Å². The van der Waals surface area contributed by atoms with Crippen LogP contribution in [0.15, 0.2) is 47.4 Å². The van der Waals surface area contributed by atoms with Gasteiger partial charge in [0.05, 0.1) is 33.8 Å². The molecule has 2 aromatic carbocycles. The number of pyridine rings is 2. The molecule has 1 aliphatic rings. The number of hydrogen-bond acceptors (Lipinski definition) is 4. The zero-order valence-corrected chi connectivity index (χ0v) is 20.5. The van der Waals surface area contributed by atoms with Crippen molar-refractivity contribution >= 4 is 10.9 Å². The first-order valence-electron chi connectivity index (χ1n) is 12.0. The van der Waals surface area contributed by atoms with Crippen LogP contribution in [0.25, 0.3) is 22.2 Å². The van der Waals surface area contributed by atoms with Gasteiger partial charge in [0.2, 0.25) is 5.88 Å². The fraction of sp³-hybridized carbons (Fsp3) is 0.286. The maximum absolute atomic E-state index is 14.2. The van der Waals surface area contributed by atoms with Crippen molar-refractivity contribution in [2.45, 2.75) is 45.4 Å². The summed E-state index contributed by atoms with van der Waals surface area (Å²) in [5, 5.41) is 0.389. The summed E-state index contributed by atoms with van der Waals surface area (Å²) in [4.78, 5) is 20.3. The van der Waals surface area contributed by atoms with Crippen molar-refractivity contribution in [2.75, 3.05) is 6.61 Å². The van der Waals surface area contributed by atoms with Crippen LogP contribution < -0.4 is 10.2 Å². The Morgan fingerprint density at radius 3 is 2.58 bits per heavy atom. The molecule has 4 aromatic rings. The second-order valence-corrected chi connectivity index (χ2v) is 9.23. The van der Waals surface area contributed by atoms with E-state index in [1.807, 2.05) is 6.07 Å². The molecule has 1 aliphatic heterocycles. The van der Waals surface area contributed by atoms with Crippen LogP contribution in [0.3, 0.4) is 0 Å². The van der Waals surface area contributed by atoms with Gasteiger partial charge in [-0.3, -0.25) is 4.79 Å². The lowest BCUT2D eigenvalue weighted by Crippen LogP contribution is -2.15. The number of hydrogen-bond donors (Lipinski definition) is 1. The molecule has 10 heteroatoms. The number of halogens is 5. The Morgan fingerprint density at radius 1 is 1.08 bits per heavy atom. The summed E-state index contributed by atoms with van der Waals surface area (Å²) >= 11 is 0. The second-order valence-electron chi connectivity index (χ2n) is 9.23. The van der Waals surface area contributed by atoms with E-state index in [4.69, 9.17) is 9.47 Å². The molecule has 5 rings (SSSR count). The van der Waals surface area contributed by atoms with Crippen molar-refractivity contribution in [3.05, 3.63) is 86.7 Å². The number of ether oxygens (including phenoxy) is 2. The van der Waals surface area contributed by atoms with Gasteiger partial charge in [0, 0.05) is 24.4 Å². The molecule has 2 aromatic heterocycles. The van der Waals surface area contributed by atoms with Crippen molar-refractivity contribution in [3.8, 4) is 22.9 Å². The second kappa shape index (κ2) is 9.83. The molecule has 1 unspecified atom stereocenters. The van der Waals surface area contributed by atoms with Gasteiger partial charge in [-0.2, -0.15) is 13.2 Å². The normalized spacial score (nSPS) is 16.1. The summed E-state index contributed by atoms with van der Waals surface area (Å²) in [6.45, 7) is 3.09. The number of aromatic amines is 1. The molecule has 198 valence electrons. The zero-order chi connectivity index (χ0) is 27.2. The first kappa shape index (κ1) is 25.8. The molecule has 5 nitrogen and oxygen atoms in total. The molecule has 0 saturated carbocycles. The first-order chi connectivity index (χ1) is 18.1. The highest BCUT2D eigenvalue weighted by atomic mass is 19.4. The molecule has 3 heterocycles. The minimum Gasteiger partial charge on any atom is -0.438 e. The third-order valence-electron chi connectivity index (χ3n) is 6.79. The highest BCUT2D eigenvalue weighted by molar-refractivity contribution is 5.86. The summed E-state index contributed by atoms with van der Waals surface area (Å²) in [6, 6.07) is 8.42. The van der Waals surface area contributed by atoms with Crippen molar-refractivity contribution in [3.63, 3.8) is 0 Å². The van der Waals surface area contributed by atoms with E-state index in [1.165, 1.54) is 19.9 Å². The van der Waals surface area contributed by atoms with Crippen molar-refractivity contribution < 1.29 is 31.4 Å². The Bertz CT molecular complexity index is 1590. The van der Waals surface area contributed by atoms with E-state index < -0.39 is 28.8 Å². The summed E-state index contributed by atoms with van der Waals surface area (Å²) in [6.07, 6.45) is -1.74. The number of aromatic nitrogens is 2. The Labute approximate surface area is 214 Å². The lowest BCUT2D eigenvalue weighted by Gasteiger charge is -2.24. The Balaban J connectivity index is 1.70. The van der Waals surface area contributed by atoms with Gasteiger partial charge in [0.15, 0.2) is 17.1 Å². The van der Waals surface area contributed by atoms with Gasteiger partial charge in [-0.05, 0) is 62.4 Å². The summed E-state index contributed by atoms with van der Waals surface area (Å²) in [5.74, 6) is -2.67.